The zero-order chi connectivity index (χ0) is 38.2. The fourth-order valence-corrected chi connectivity index (χ4v) is 13.6. The molecule has 272 valence electrons. The molecule has 1 heterocycles. The van der Waals surface area contributed by atoms with Crippen molar-refractivity contribution in [3.05, 3.63) is 146 Å². The molecule has 6 rings (SSSR count). The highest BCUT2D eigenvalue weighted by molar-refractivity contribution is 7.91. The largest absolute Gasteiger partial charge is 0.447 e. The molecule has 0 N–H and O–H groups in total. The maximum atomic E-state index is 16.1. The average molecular weight is 749 g/mol. The van der Waals surface area contributed by atoms with Gasteiger partial charge >= 0.3 is 0 Å². The minimum absolute atomic E-state index is 0.119. The Labute approximate surface area is 294 Å². The van der Waals surface area contributed by atoms with Gasteiger partial charge in [0.25, 0.3) is 0 Å². The van der Waals surface area contributed by atoms with E-state index in [1.807, 2.05) is 65.8 Å². The monoisotopic (exact) mass is 749 g/mol. The van der Waals surface area contributed by atoms with Crippen LogP contribution in [0.2, 0.25) is 6.32 Å². The number of nitrogens with zero attached hydrogens (tertiary/aromatic N) is 1. The zero-order valence-corrected chi connectivity index (χ0v) is 29.7. The summed E-state index contributed by atoms with van der Waals surface area (Å²) in [5, 5.41) is 1.35. The number of hydrogen-bond donors (Lipinski definition) is 0. The normalized spacial score (nSPS) is 15.3. The van der Waals surface area contributed by atoms with E-state index >= 15 is 35.1 Å². The molecule has 5 aromatic rings. The topological polar surface area (TPSA) is 12.5 Å². The van der Waals surface area contributed by atoms with Gasteiger partial charge in [-0.15, -0.1) is 6.32 Å². The van der Waals surface area contributed by atoms with Gasteiger partial charge in [0.05, 0.1) is 6.16 Å². The predicted molar refractivity (Wildman–Crippen MR) is 185 cm³/mol. The Balaban J connectivity index is 1.85. The molecule has 0 saturated carbocycles. The number of rotatable bonds is 5. The third kappa shape index (κ3) is 5.42. The third-order valence-corrected chi connectivity index (χ3v) is 14.6. The van der Waals surface area contributed by atoms with Crippen molar-refractivity contribution >= 4 is 41.0 Å². The molecule has 5 aromatic carbocycles. The standard InChI is InChI=1S/C38H31BF10NOP/c1-18-14-20(3)37(21(4)15-18)52(38-22(5)16-19(2)17-23(38)6)13-12-39(51-50(52)24-10-8-7-9-11-24,25-27(40)31(44)35(48)32(45)28(25)41)26-29(42)33(46)36(49)34(47)30(26)43/h7-11,14-17H,12-13H2,1-6H3. The molecule has 0 amide bonds. The molecule has 52 heavy (non-hydrogen) atoms. The summed E-state index contributed by atoms with van der Waals surface area (Å²) < 4.78 is 160. The minimum atomic E-state index is -4.55. The van der Waals surface area contributed by atoms with E-state index in [0.29, 0.717) is 10.6 Å². The molecule has 1 saturated heterocycles. The Morgan fingerprint density at radius 1 is 0.500 bits per heavy atom. The van der Waals surface area contributed by atoms with Crippen LogP contribution in [0, 0.1) is 99.7 Å². The van der Waals surface area contributed by atoms with Crippen LogP contribution in [0.4, 0.5) is 49.6 Å². The highest BCUT2D eigenvalue weighted by atomic mass is 31.2. The van der Waals surface area contributed by atoms with Crippen molar-refractivity contribution in [3.8, 4) is 0 Å². The summed E-state index contributed by atoms with van der Waals surface area (Å²) in [5.41, 5.74) is 1.06. The molecule has 1 aliphatic heterocycles. The molecule has 0 aliphatic carbocycles. The molecule has 14 heteroatoms. The van der Waals surface area contributed by atoms with E-state index < -0.39 is 89.2 Å². The molecular formula is C38H31BF10NOP. The quantitative estimate of drug-likeness (QED) is 0.0585. The van der Waals surface area contributed by atoms with E-state index in [1.165, 1.54) is 17.0 Å². The molecule has 1 fully saturated rings. The average Bonchev–Trinajstić information content (AvgIpc) is 3.08. The second-order valence-corrected chi connectivity index (χ2v) is 16.7. The predicted octanol–water partition coefficient (Wildman–Crippen LogP) is 9.02. The molecule has 0 aromatic heterocycles. The summed E-state index contributed by atoms with van der Waals surface area (Å²) in [6, 6.07) is 15.2. The van der Waals surface area contributed by atoms with Crippen molar-refractivity contribution in [1.82, 2.24) is 0 Å². The van der Waals surface area contributed by atoms with Gasteiger partial charge in [0.2, 0.25) is 6.35 Å². The van der Waals surface area contributed by atoms with E-state index in [0.717, 1.165) is 33.4 Å². The minimum Gasteiger partial charge on any atom is -0.447 e. The molecule has 0 unspecified atom stereocenters. The van der Waals surface area contributed by atoms with E-state index in [9.17, 15) is 8.78 Å². The van der Waals surface area contributed by atoms with E-state index in [4.69, 9.17) is 4.76 Å². The van der Waals surface area contributed by atoms with Crippen molar-refractivity contribution < 1.29 is 48.7 Å². The molecule has 0 bridgehead atoms. The second kappa shape index (κ2) is 13.3. The van der Waals surface area contributed by atoms with E-state index in [1.54, 1.807) is 18.2 Å². The van der Waals surface area contributed by atoms with Gasteiger partial charge in [-0.05, 0) is 75.9 Å². The molecule has 0 radical (unpaired) electrons. The van der Waals surface area contributed by atoms with Crippen LogP contribution in [-0.2, 0) is 4.76 Å². The number of benzene rings is 5. The van der Waals surface area contributed by atoms with Crippen LogP contribution in [0.1, 0.15) is 33.4 Å². The highest BCUT2D eigenvalue weighted by Crippen LogP contribution is 2.67. The summed E-state index contributed by atoms with van der Waals surface area (Å²) in [7, 11) is -3.45. The lowest BCUT2D eigenvalue weighted by atomic mass is 9.30. The van der Waals surface area contributed by atoms with Crippen LogP contribution in [0.5, 0.6) is 0 Å². The lowest BCUT2D eigenvalue weighted by Crippen LogP contribution is -2.71. The first kappa shape index (κ1) is 37.4. The summed E-state index contributed by atoms with van der Waals surface area (Å²) in [5.74, 6) is -25.3. The van der Waals surface area contributed by atoms with Crippen LogP contribution < -0.4 is 26.4 Å². The molecule has 0 atom stereocenters. The zero-order valence-electron chi connectivity index (χ0n) is 28.8. The maximum absolute atomic E-state index is 16.1. The molecular weight excluding hydrogens is 718 g/mol. The van der Waals surface area contributed by atoms with Gasteiger partial charge in [-0.2, -0.15) is 4.83 Å². The summed E-state index contributed by atoms with van der Waals surface area (Å²) in [4.78, 5) is 1.18. The van der Waals surface area contributed by atoms with E-state index in [-0.39, 0.29) is 11.8 Å². The lowest BCUT2D eigenvalue weighted by Gasteiger charge is -2.55. The summed E-state index contributed by atoms with van der Waals surface area (Å²) >= 11 is 0. The van der Waals surface area contributed by atoms with Crippen molar-refractivity contribution in [1.29, 1.82) is 0 Å². The third-order valence-electron chi connectivity index (χ3n) is 9.86. The van der Waals surface area contributed by atoms with Gasteiger partial charge in [-0.1, -0.05) is 64.5 Å². The number of para-hydroxylation sites is 1. The van der Waals surface area contributed by atoms with Gasteiger partial charge in [0.15, 0.2) is 42.3 Å². The SMILES string of the molecule is Cc1cc(C)c([P+]2(c3c(C)cc(C)cc3C)CC[B-](c3c(F)c(F)c(F)c(F)c3F)(c3c(F)c(F)c(F)c(F)c3F)ON2c2ccccc2)c(C)c1. The number of aryl methyl sites for hydroxylation is 6. The van der Waals surface area contributed by atoms with Crippen LogP contribution in [0.3, 0.4) is 0 Å². The smallest absolute Gasteiger partial charge is 0.218 e. The van der Waals surface area contributed by atoms with Crippen LogP contribution in [0.15, 0.2) is 54.6 Å². The molecule has 0 spiro atoms. The molecule has 1 aliphatic rings. The van der Waals surface area contributed by atoms with Crippen molar-refractivity contribution in [2.45, 2.75) is 47.9 Å². The van der Waals surface area contributed by atoms with Gasteiger partial charge in [-0.3, -0.25) is 0 Å². The first-order valence-electron chi connectivity index (χ1n) is 16.2. The summed E-state index contributed by atoms with van der Waals surface area (Å²) in [6.45, 7) is 11.0. The number of anilines is 1. The maximum Gasteiger partial charge on any atom is 0.218 e. The number of halogens is 10. The van der Waals surface area contributed by atoms with Crippen molar-refractivity contribution in [2.24, 2.45) is 0 Å². The summed E-state index contributed by atoms with van der Waals surface area (Å²) in [6.07, 6.45) is -5.82. The fraction of sp³-hybridized carbons (Fsp3) is 0.211. The molecule has 2 nitrogen and oxygen atoms in total. The van der Waals surface area contributed by atoms with Crippen molar-refractivity contribution in [3.63, 3.8) is 0 Å². The lowest BCUT2D eigenvalue weighted by molar-refractivity contribution is 0.326. The Morgan fingerprint density at radius 3 is 1.17 bits per heavy atom. The second-order valence-electron chi connectivity index (χ2n) is 13.4. The number of hydrogen-bond acceptors (Lipinski definition) is 2. The van der Waals surface area contributed by atoms with E-state index in [2.05, 4.69) is 0 Å². The Kier molecular flexibility index (Phi) is 9.54. The van der Waals surface area contributed by atoms with Crippen LogP contribution >= 0.6 is 7.41 Å². The van der Waals surface area contributed by atoms with Crippen LogP contribution in [-0.4, -0.2) is 12.5 Å². The highest BCUT2D eigenvalue weighted by Gasteiger charge is 2.61. The van der Waals surface area contributed by atoms with Gasteiger partial charge in [0.1, 0.15) is 39.6 Å². The van der Waals surface area contributed by atoms with Crippen LogP contribution in [0.25, 0.3) is 0 Å². The Hall–Kier alpha value is -4.35. The van der Waals surface area contributed by atoms with Crippen molar-refractivity contribution in [2.75, 3.05) is 11.0 Å². The Morgan fingerprint density at radius 2 is 0.827 bits per heavy atom. The van der Waals surface area contributed by atoms with Gasteiger partial charge < -0.3 is 4.76 Å². The fourth-order valence-electron chi connectivity index (χ4n) is 8.21. The van der Waals surface area contributed by atoms with Gasteiger partial charge in [0, 0.05) is 0 Å². The first-order chi connectivity index (χ1) is 24.4. The Bertz CT molecular complexity index is 2050. The first-order valence-corrected chi connectivity index (χ1v) is 18.1. The van der Waals surface area contributed by atoms with Gasteiger partial charge in [-0.25, -0.2) is 43.9 Å².